The summed E-state index contributed by atoms with van der Waals surface area (Å²) in [5, 5.41) is 7.06. The Labute approximate surface area is 304 Å². The van der Waals surface area contributed by atoms with Crippen LogP contribution < -0.4 is 4.74 Å². The Morgan fingerprint density at radius 3 is 2.29 bits per heavy atom. The van der Waals surface area contributed by atoms with Gasteiger partial charge in [0.1, 0.15) is 5.82 Å². The van der Waals surface area contributed by atoms with Gasteiger partial charge in [0, 0.05) is 35.0 Å². The summed E-state index contributed by atoms with van der Waals surface area (Å²) in [5.41, 5.74) is 10.3. The van der Waals surface area contributed by atoms with Crippen LogP contribution in [-0.2, 0) is 39.3 Å². The maximum atomic E-state index is 6.58. The van der Waals surface area contributed by atoms with Gasteiger partial charge >= 0.3 is 21.1 Å². The molecule has 0 aliphatic carbocycles. The first kappa shape index (κ1) is 34.4. The zero-order valence-electron chi connectivity index (χ0n) is 29.2. The number of rotatable bonds is 8. The van der Waals surface area contributed by atoms with E-state index in [4.69, 9.17) is 14.8 Å². The number of nitrogens with zero attached hydrogens (tertiary/aromatic N) is 4. The van der Waals surface area contributed by atoms with Gasteiger partial charge in [-0.05, 0) is 75.7 Å². The van der Waals surface area contributed by atoms with E-state index in [9.17, 15) is 0 Å². The van der Waals surface area contributed by atoms with Crippen LogP contribution in [0, 0.1) is 12.1 Å². The quantitative estimate of drug-likeness (QED) is 0.143. The molecule has 7 aromatic rings. The molecule has 49 heavy (non-hydrogen) atoms. The Morgan fingerprint density at radius 1 is 0.816 bits per heavy atom. The molecule has 4 aromatic carbocycles. The fourth-order valence-corrected chi connectivity index (χ4v) is 6.56. The van der Waals surface area contributed by atoms with E-state index < -0.39 is 0 Å². The minimum absolute atomic E-state index is 0. The first-order chi connectivity index (χ1) is 23.1. The molecule has 5 nitrogen and oxygen atoms in total. The number of hydrogen-bond donors (Lipinski definition) is 0. The SMILES string of the molecule is CCc1cccc(CC)c1-c1cnn(-c2[c-]c(Oc3[c-]c4c(cc3)c3ccccc3n4-c3cc(C(C)(C)C)ccn3)cc(C(C)C)c2)c1.[Pt+2]. The number of ether oxygens (including phenoxy) is 1. The maximum Gasteiger partial charge on any atom is 2.00 e. The average molecular weight is 826 g/mol. The number of fused-ring (bicyclic) bond motifs is 3. The van der Waals surface area contributed by atoms with Gasteiger partial charge in [-0.3, -0.25) is 4.68 Å². The summed E-state index contributed by atoms with van der Waals surface area (Å²) in [5.74, 6) is 2.40. The van der Waals surface area contributed by atoms with Crippen molar-refractivity contribution in [3.63, 3.8) is 0 Å². The van der Waals surface area contributed by atoms with Gasteiger partial charge in [0.05, 0.1) is 6.20 Å². The summed E-state index contributed by atoms with van der Waals surface area (Å²) in [6.45, 7) is 15.5. The molecule has 3 aromatic heterocycles. The number of aryl methyl sites for hydroxylation is 2. The van der Waals surface area contributed by atoms with Crippen LogP contribution in [0.4, 0.5) is 0 Å². The largest absolute Gasteiger partial charge is 2.00 e. The molecule has 0 N–H and O–H groups in total. The van der Waals surface area contributed by atoms with Crippen LogP contribution in [0.2, 0.25) is 0 Å². The van der Waals surface area contributed by atoms with Crippen LogP contribution >= 0.6 is 0 Å². The van der Waals surface area contributed by atoms with E-state index in [1.807, 2.05) is 23.1 Å². The molecule has 0 aliphatic heterocycles. The monoisotopic (exact) mass is 825 g/mol. The molecule has 250 valence electrons. The molecule has 0 saturated heterocycles. The second-order valence-electron chi connectivity index (χ2n) is 13.8. The second-order valence-corrected chi connectivity index (χ2v) is 13.8. The van der Waals surface area contributed by atoms with Crippen LogP contribution in [0.15, 0.2) is 97.5 Å². The van der Waals surface area contributed by atoms with E-state index >= 15 is 0 Å². The van der Waals surface area contributed by atoms with Gasteiger partial charge in [0.15, 0.2) is 0 Å². The van der Waals surface area contributed by atoms with Crippen LogP contribution in [0.3, 0.4) is 0 Å². The zero-order chi connectivity index (χ0) is 33.6. The van der Waals surface area contributed by atoms with Crippen LogP contribution in [0.1, 0.15) is 76.6 Å². The van der Waals surface area contributed by atoms with Gasteiger partial charge < -0.3 is 9.30 Å². The molecule has 0 saturated carbocycles. The smallest absolute Gasteiger partial charge is 0.509 e. The molecule has 0 aliphatic rings. The molecule has 0 atom stereocenters. The summed E-state index contributed by atoms with van der Waals surface area (Å²) >= 11 is 0. The van der Waals surface area contributed by atoms with Crippen LogP contribution in [-0.4, -0.2) is 19.3 Å². The second kappa shape index (κ2) is 13.8. The predicted octanol–water partition coefficient (Wildman–Crippen LogP) is 11.0. The minimum atomic E-state index is -0.00355. The Balaban J connectivity index is 0.00000417. The normalized spacial score (nSPS) is 11.8. The zero-order valence-corrected chi connectivity index (χ0v) is 31.5. The van der Waals surface area contributed by atoms with Crippen molar-refractivity contribution in [1.82, 2.24) is 19.3 Å². The Hall–Kier alpha value is -4.47. The Kier molecular flexibility index (Phi) is 9.69. The fourth-order valence-electron chi connectivity index (χ4n) is 6.56. The van der Waals surface area contributed by atoms with E-state index in [1.165, 1.54) is 22.3 Å². The molecular weight excluding hydrogens is 784 g/mol. The molecule has 0 radical (unpaired) electrons. The molecule has 0 spiro atoms. The van der Waals surface area contributed by atoms with Crippen molar-refractivity contribution < 1.29 is 25.8 Å². The Bertz CT molecular complexity index is 2250. The first-order valence-corrected chi connectivity index (χ1v) is 17.0. The summed E-state index contributed by atoms with van der Waals surface area (Å²) in [6, 6.07) is 34.8. The van der Waals surface area contributed by atoms with Gasteiger partial charge in [0.2, 0.25) is 0 Å². The molecule has 6 heteroatoms. The van der Waals surface area contributed by atoms with Crippen LogP contribution in [0.25, 0.3) is 44.4 Å². The van der Waals surface area contributed by atoms with Gasteiger partial charge in [-0.2, -0.15) is 11.2 Å². The molecule has 7 rings (SSSR count). The van der Waals surface area contributed by atoms with Crippen LogP contribution in [0.5, 0.6) is 11.5 Å². The maximum absolute atomic E-state index is 6.58. The molecule has 3 heterocycles. The number of benzene rings is 4. The molecule has 0 amide bonds. The Morgan fingerprint density at radius 2 is 1.57 bits per heavy atom. The minimum Gasteiger partial charge on any atom is -0.509 e. The van der Waals surface area contributed by atoms with Crippen molar-refractivity contribution in [1.29, 1.82) is 0 Å². The number of pyridine rings is 1. The topological polar surface area (TPSA) is 44.9 Å². The molecule has 0 unspecified atom stereocenters. The van der Waals surface area contributed by atoms with Crippen molar-refractivity contribution in [3.8, 4) is 34.1 Å². The van der Waals surface area contributed by atoms with Gasteiger partial charge in [-0.15, -0.1) is 41.3 Å². The van der Waals surface area contributed by atoms with E-state index in [1.54, 1.807) is 0 Å². The van der Waals surface area contributed by atoms with Crippen molar-refractivity contribution in [3.05, 3.63) is 132 Å². The third kappa shape index (κ3) is 6.62. The van der Waals surface area contributed by atoms with Crippen molar-refractivity contribution in [2.24, 2.45) is 0 Å². The van der Waals surface area contributed by atoms with E-state index in [2.05, 4.69) is 144 Å². The molecule has 0 bridgehead atoms. The van der Waals surface area contributed by atoms with Crippen molar-refractivity contribution in [2.45, 2.75) is 72.6 Å². The van der Waals surface area contributed by atoms with Gasteiger partial charge in [-0.25, -0.2) is 4.98 Å². The first-order valence-electron chi connectivity index (χ1n) is 17.0. The van der Waals surface area contributed by atoms with E-state index in [-0.39, 0.29) is 26.5 Å². The van der Waals surface area contributed by atoms with Crippen molar-refractivity contribution >= 4 is 21.8 Å². The summed E-state index contributed by atoms with van der Waals surface area (Å²) in [4.78, 5) is 4.82. The van der Waals surface area contributed by atoms with Gasteiger partial charge in [0.25, 0.3) is 0 Å². The summed E-state index contributed by atoms with van der Waals surface area (Å²) in [7, 11) is 0. The van der Waals surface area contributed by atoms with Crippen molar-refractivity contribution in [2.75, 3.05) is 0 Å². The standard InChI is InChI=1S/C43H42N4O.Pt/c1-8-29-13-12-14-30(9-2)42(29)32-26-45-46(27-32)34-21-31(28(3)4)22-36(24-34)48-35-17-18-38-37-15-10-11-16-39(37)47(40(38)25-35)41-23-33(19-20-44-41)43(5,6)7;/h10-23,26-28H,8-9H2,1-7H3;/q-2;+2. The third-order valence-electron chi connectivity index (χ3n) is 9.25. The number of para-hydroxylation sites is 1. The van der Waals surface area contributed by atoms with E-state index in [0.717, 1.165) is 57.3 Å². The summed E-state index contributed by atoms with van der Waals surface area (Å²) < 4.78 is 10.7. The number of aromatic nitrogens is 4. The third-order valence-corrected chi connectivity index (χ3v) is 9.25. The molecular formula is C43H42N4OPt. The average Bonchev–Trinajstić information content (AvgIpc) is 3.70. The molecule has 0 fully saturated rings. The number of hydrogen-bond acceptors (Lipinski definition) is 3. The fraction of sp³-hybridized carbons (Fsp3) is 0.256. The van der Waals surface area contributed by atoms with Gasteiger partial charge in [-0.1, -0.05) is 90.4 Å². The summed E-state index contributed by atoms with van der Waals surface area (Å²) in [6.07, 6.45) is 7.92. The van der Waals surface area contributed by atoms with E-state index in [0.29, 0.717) is 17.4 Å². The predicted molar refractivity (Wildman–Crippen MR) is 197 cm³/mol.